The quantitative estimate of drug-likeness (QED) is 0.383. The lowest BCUT2D eigenvalue weighted by Crippen LogP contribution is -2.15. The highest BCUT2D eigenvalue weighted by atomic mass is 35.5. The summed E-state index contributed by atoms with van der Waals surface area (Å²) in [4.78, 5) is 23.6. The molecule has 2 aromatic carbocycles. The Morgan fingerprint density at radius 2 is 1.90 bits per heavy atom. The third kappa shape index (κ3) is 5.86. The Morgan fingerprint density at radius 1 is 1.19 bits per heavy atom. The van der Waals surface area contributed by atoms with E-state index in [2.05, 4.69) is 15.5 Å². The number of halogens is 1. The van der Waals surface area contributed by atoms with Gasteiger partial charge in [0.1, 0.15) is 5.75 Å². The van der Waals surface area contributed by atoms with Crippen molar-refractivity contribution in [2.24, 2.45) is 7.05 Å². The van der Waals surface area contributed by atoms with Crippen LogP contribution in [0, 0.1) is 6.92 Å². The molecule has 0 fully saturated rings. The van der Waals surface area contributed by atoms with E-state index in [0.29, 0.717) is 33.0 Å². The van der Waals surface area contributed by atoms with Gasteiger partial charge in [-0.1, -0.05) is 29.4 Å². The molecule has 3 aromatic rings. The highest BCUT2D eigenvalue weighted by molar-refractivity contribution is 7.99. The molecule has 0 aliphatic rings. The van der Waals surface area contributed by atoms with Crippen molar-refractivity contribution in [1.29, 1.82) is 0 Å². The first-order valence-corrected chi connectivity index (χ1v) is 11.0. The van der Waals surface area contributed by atoms with Crippen LogP contribution in [-0.4, -0.2) is 32.2 Å². The number of ether oxygens (including phenoxy) is 1. The minimum Gasteiger partial charge on any atom is -0.481 e. The Morgan fingerprint density at radius 3 is 2.58 bits per heavy atom. The van der Waals surface area contributed by atoms with Gasteiger partial charge in [-0.3, -0.25) is 9.59 Å². The third-order valence-corrected chi connectivity index (χ3v) is 5.86. The highest BCUT2D eigenvalue weighted by Gasteiger charge is 2.19. The average Bonchev–Trinajstić information content (AvgIpc) is 3.10. The summed E-state index contributed by atoms with van der Waals surface area (Å²) in [7, 11) is 1.83. The molecule has 0 aliphatic heterocycles. The molecule has 7 nitrogen and oxygen atoms in total. The lowest BCUT2D eigenvalue weighted by atomic mass is 10.1. The minimum atomic E-state index is -0.375. The lowest BCUT2D eigenvalue weighted by Gasteiger charge is -2.15. The third-order valence-electron chi connectivity index (χ3n) is 4.53. The van der Waals surface area contributed by atoms with Crippen molar-refractivity contribution < 1.29 is 14.3 Å². The number of hydrogen-bond donors (Lipinski definition) is 1. The molecular formula is C22H23ClN4O3S. The second-order valence-corrected chi connectivity index (χ2v) is 8.41. The van der Waals surface area contributed by atoms with E-state index in [1.165, 1.54) is 18.7 Å². The first-order valence-electron chi connectivity index (χ1n) is 9.60. The van der Waals surface area contributed by atoms with Crippen molar-refractivity contribution in [1.82, 2.24) is 14.8 Å². The highest BCUT2D eigenvalue weighted by Crippen LogP contribution is 2.30. The Balaban J connectivity index is 1.58. The zero-order valence-electron chi connectivity index (χ0n) is 17.7. The average molecular weight is 459 g/mol. The van der Waals surface area contributed by atoms with Crippen molar-refractivity contribution >= 4 is 40.7 Å². The number of nitrogens with one attached hydrogen (secondary N) is 1. The Hall–Kier alpha value is -2.84. The van der Waals surface area contributed by atoms with E-state index in [1.54, 1.807) is 34.9 Å². The normalized spacial score (nSPS) is 11.8. The number of amides is 1. The van der Waals surface area contributed by atoms with Crippen molar-refractivity contribution in [3.05, 3.63) is 64.4 Å². The van der Waals surface area contributed by atoms with Gasteiger partial charge in [0, 0.05) is 18.3 Å². The predicted molar refractivity (Wildman–Crippen MR) is 122 cm³/mol. The minimum absolute atomic E-state index is 0.0191. The van der Waals surface area contributed by atoms with Gasteiger partial charge in [-0.05, 0) is 62.7 Å². The molecule has 0 saturated carbocycles. The van der Waals surface area contributed by atoms with E-state index in [-0.39, 0.29) is 23.5 Å². The molecule has 162 valence electrons. The zero-order valence-corrected chi connectivity index (χ0v) is 19.3. The number of ketones is 1. The number of benzene rings is 2. The van der Waals surface area contributed by atoms with Gasteiger partial charge < -0.3 is 14.6 Å². The van der Waals surface area contributed by atoms with Crippen molar-refractivity contribution in [3.8, 4) is 5.75 Å². The fourth-order valence-corrected chi connectivity index (χ4v) is 3.75. The van der Waals surface area contributed by atoms with Gasteiger partial charge in [-0.25, -0.2) is 0 Å². The molecule has 31 heavy (non-hydrogen) atoms. The van der Waals surface area contributed by atoms with Crippen LogP contribution >= 0.6 is 23.4 Å². The van der Waals surface area contributed by atoms with Gasteiger partial charge in [0.2, 0.25) is 5.91 Å². The van der Waals surface area contributed by atoms with Crippen molar-refractivity contribution in [2.75, 3.05) is 11.1 Å². The summed E-state index contributed by atoms with van der Waals surface area (Å²) in [6, 6.07) is 12.4. The fraction of sp³-hybridized carbons (Fsp3) is 0.273. The molecule has 1 atom stereocenters. The second-order valence-electron chi connectivity index (χ2n) is 7.06. The molecule has 1 heterocycles. The van der Waals surface area contributed by atoms with Crippen LogP contribution in [0.15, 0.2) is 47.6 Å². The van der Waals surface area contributed by atoms with Crippen molar-refractivity contribution in [2.45, 2.75) is 32.0 Å². The Kier molecular flexibility index (Phi) is 7.35. The second kappa shape index (κ2) is 9.98. The summed E-state index contributed by atoms with van der Waals surface area (Å²) >= 11 is 7.49. The van der Waals surface area contributed by atoms with Crippen LogP contribution in [0.3, 0.4) is 0 Å². The largest absolute Gasteiger partial charge is 0.481 e. The molecule has 1 amide bonds. The van der Waals surface area contributed by atoms with Crippen LogP contribution in [-0.2, 0) is 11.8 Å². The lowest BCUT2D eigenvalue weighted by molar-refractivity contribution is -0.113. The predicted octanol–water partition coefficient (Wildman–Crippen LogP) is 4.85. The summed E-state index contributed by atoms with van der Waals surface area (Å²) in [6.45, 7) is 5.34. The number of carbonyl (C=O) groups excluding carboxylic acids is 2. The maximum Gasteiger partial charge on any atom is 0.234 e. The van der Waals surface area contributed by atoms with Gasteiger partial charge >= 0.3 is 0 Å². The summed E-state index contributed by atoms with van der Waals surface area (Å²) in [5.74, 6) is 1.18. The Labute approximate surface area is 190 Å². The number of rotatable bonds is 8. The van der Waals surface area contributed by atoms with Crippen LogP contribution < -0.4 is 10.1 Å². The molecular weight excluding hydrogens is 436 g/mol. The van der Waals surface area contributed by atoms with Crippen LogP contribution in [0.4, 0.5) is 5.69 Å². The topological polar surface area (TPSA) is 86.1 Å². The zero-order chi connectivity index (χ0) is 22.5. The molecule has 9 heteroatoms. The van der Waals surface area contributed by atoms with Gasteiger partial charge in [0.05, 0.1) is 10.8 Å². The molecule has 0 radical (unpaired) electrons. The van der Waals surface area contributed by atoms with E-state index < -0.39 is 0 Å². The van der Waals surface area contributed by atoms with Gasteiger partial charge in [0.15, 0.2) is 22.9 Å². The van der Waals surface area contributed by atoms with Crippen LogP contribution in [0.25, 0.3) is 0 Å². The SMILES string of the molecule is CC(=O)c1ccc(NC(=O)CSc2nnc(C(C)Oc3cc(C)ccc3Cl)n2C)cc1. The smallest absolute Gasteiger partial charge is 0.234 e. The molecule has 0 aliphatic carbocycles. The first kappa shape index (κ1) is 22.8. The molecule has 3 rings (SSSR count). The van der Waals surface area contributed by atoms with E-state index in [1.807, 2.05) is 33.0 Å². The van der Waals surface area contributed by atoms with Gasteiger partial charge in [-0.2, -0.15) is 0 Å². The van der Waals surface area contributed by atoms with Crippen LogP contribution in [0.2, 0.25) is 5.02 Å². The fourth-order valence-electron chi connectivity index (χ4n) is 2.87. The number of Topliss-reactive ketones (excluding diaryl/α,β-unsaturated/α-hetero) is 1. The van der Waals surface area contributed by atoms with Gasteiger partial charge in [0.25, 0.3) is 0 Å². The summed E-state index contributed by atoms with van der Waals surface area (Å²) in [5, 5.41) is 12.3. The van der Waals surface area contributed by atoms with Gasteiger partial charge in [-0.15, -0.1) is 10.2 Å². The Bertz CT molecular complexity index is 1100. The van der Waals surface area contributed by atoms with E-state index in [0.717, 1.165) is 5.56 Å². The number of thioether (sulfide) groups is 1. The first-order chi connectivity index (χ1) is 14.7. The number of anilines is 1. The maximum atomic E-state index is 12.3. The summed E-state index contributed by atoms with van der Waals surface area (Å²) in [6.07, 6.45) is -0.375. The van der Waals surface area contributed by atoms with E-state index in [9.17, 15) is 9.59 Å². The van der Waals surface area contributed by atoms with Crippen LogP contribution in [0.5, 0.6) is 5.75 Å². The number of aryl methyl sites for hydroxylation is 1. The molecule has 1 N–H and O–H groups in total. The number of hydrogen-bond acceptors (Lipinski definition) is 6. The monoisotopic (exact) mass is 458 g/mol. The standard InChI is InChI=1S/C22H23ClN4O3S/c1-13-5-10-18(23)19(11-13)30-15(3)21-25-26-22(27(21)4)31-12-20(29)24-17-8-6-16(7-9-17)14(2)28/h5-11,15H,12H2,1-4H3,(H,24,29). The van der Waals surface area contributed by atoms with E-state index >= 15 is 0 Å². The summed E-state index contributed by atoms with van der Waals surface area (Å²) in [5.41, 5.74) is 2.27. The van der Waals surface area contributed by atoms with E-state index in [4.69, 9.17) is 16.3 Å². The number of carbonyl (C=O) groups is 2. The molecule has 0 bridgehead atoms. The molecule has 1 unspecified atom stereocenters. The van der Waals surface area contributed by atoms with Crippen LogP contribution in [0.1, 0.15) is 41.7 Å². The number of nitrogens with zero attached hydrogens (tertiary/aromatic N) is 3. The molecule has 0 saturated heterocycles. The molecule has 1 aromatic heterocycles. The van der Waals surface area contributed by atoms with Crippen molar-refractivity contribution in [3.63, 3.8) is 0 Å². The number of aromatic nitrogens is 3. The maximum absolute atomic E-state index is 12.3. The summed E-state index contributed by atoms with van der Waals surface area (Å²) < 4.78 is 7.77. The molecule has 0 spiro atoms.